The number of ether oxygens (including phenoxy) is 8. The first-order valence-corrected chi connectivity index (χ1v) is 14.2. The van der Waals surface area contributed by atoms with Crippen LogP contribution in [0.2, 0.25) is 0 Å². The van der Waals surface area contributed by atoms with E-state index in [0.29, 0.717) is 11.5 Å². The van der Waals surface area contributed by atoms with Crippen LogP contribution in [0.4, 0.5) is 0 Å². The highest BCUT2D eigenvalue weighted by atomic mass is 16.7. The van der Waals surface area contributed by atoms with Crippen molar-refractivity contribution < 1.29 is 78.1 Å². The van der Waals surface area contributed by atoms with E-state index in [2.05, 4.69) is 0 Å². The van der Waals surface area contributed by atoms with Crippen molar-refractivity contribution in [2.45, 2.75) is 48.7 Å². The van der Waals surface area contributed by atoms with Crippen LogP contribution >= 0.6 is 0 Å². The second kappa shape index (κ2) is 13.7. The van der Waals surface area contributed by atoms with E-state index >= 15 is 0 Å². The molecule has 5 unspecified atom stereocenters. The Morgan fingerprint density at radius 1 is 0.851 bits per heavy atom. The summed E-state index contributed by atoms with van der Waals surface area (Å²) >= 11 is 0. The van der Waals surface area contributed by atoms with Crippen LogP contribution in [0.25, 0.3) is 22.1 Å². The van der Waals surface area contributed by atoms with E-state index in [0.717, 1.165) is 6.26 Å². The van der Waals surface area contributed by atoms with Gasteiger partial charge in [-0.2, -0.15) is 0 Å². The maximum atomic E-state index is 13.7. The standard InChI is InChI=1S/C30H36O17/c1-39-14-6-16(41-3)15(40-2)5-12(14)13-8-43-17-7-18(26(42-4)23(34)20(17)21(13)32)46-28-25(36)24(35)22(33)19(47-28)9-44-29-27(37)30(38,10-31)11-45-29/h5-8,19,22,24-25,27-29,31,33-38H,9-11H2,1-4H3/t19?,22-,24?,25+,27?,28-,29?,30?/m1/s1. The Hall–Kier alpha value is -3.91. The number of methoxy groups -OCH3 is 4. The van der Waals surface area contributed by atoms with Crippen molar-refractivity contribution in [2.75, 3.05) is 48.3 Å². The van der Waals surface area contributed by atoms with Gasteiger partial charge in [-0.1, -0.05) is 0 Å². The van der Waals surface area contributed by atoms with Crippen molar-refractivity contribution in [3.05, 3.63) is 34.7 Å². The van der Waals surface area contributed by atoms with Gasteiger partial charge in [0.05, 0.1) is 53.8 Å². The van der Waals surface area contributed by atoms with Crippen LogP contribution in [-0.2, 0) is 14.2 Å². The van der Waals surface area contributed by atoms with Crippen molar-refractivity contribution in [1.82, 2.24) is 0 Å². The second-order valence-corrected chi connectivity index (χ2v) is 10.9. The van der Waals surface area contributed by atoms with Gasteiger partial charge in [-0.25, -0.2) is 0 Å². The van der Waals surface area contributed by atoms with Crippen molar-refractivity contribution >= 4 is 11.0 Å². The predicted molar refractivity (Wildman–Crippen MR) is 157 cm³/mol. The lowest BCUT2D eigenvalue weighted by Crippen LogP contribution is -2.60. The van der Waals surface area contributed by atoms with Gasteiger partial charge >= 0.3 is 0 Å². The summed E-state index contributed by atoms with van der Waals surface area (Å²) in [5.41, 5.74) is -2.51. The van der Waals surface area contributed by atoms with Crippen LogP contribution in [0, 0.1) is 0 Å². The third-order valence-electron chi connectivity index (χ3n) is 8.08. The Labute approximate surface area is 266 Å². The third-order valence-corrected chi connectivity index (χ3v) is 8.08. The average Bonchev–Trinajstić information content (AvgIpc) is 3.36. The van der Waals surface area contributed by atoms with Gasteiger partial charge in [0.15, 0.2) is 29.3 Å². The van der Waals surface area contributed by atoms with Gasteiger partial charge in [0.2, 0.25) is 17.5 Å². The van der Waals surface area contributed by atoms with E-state index in [4.69, 9.17) is 42.3 Å². The van der Waals surface area contributed by atoms with Crippen molar-refractivity contribution in [2.24, 2.45) is 0 Å². The van der Waals surface area contributed by atoms with Gasteiger partial charge in [0, 0.05) is 17.7 Å². The van der Waals surface area contributed by atoms with Crippen LogP contribution in [0.15, 0.2) is 33.7 Å². The highest BCUT2D eigenvalue weighted by Crippen LogP contribution is 2.45. The molecule has 0 bridgehead atoms. The van der Waals surface area contributed by atoms with E-state index < -0.39 is 79.7 Å². The summed E-state index contributed by atoms with van der Waals surface area (Å²) in [5, 5.41) is 72.3. The van der Waals surface area contributed by atoms with E-state index in [1.807, 2.05) is 0 Å². The maximum absolute atomic E-state index is 13.7. The van der Waals surface area contributed by atoms with E-state index in [1.54, 1.807) is 0 Å². The molecular formula is C30H36O17. The summed E-state index contributed by atoms with van der Waals surface area (Å²) in [5.74, 6) is -0.398. The van der Waals surface area contributed by atoms with E-state index in [9.17, 15) is 40.5 Å². The number of phenolic OH excluding ortho intramolecular Hbond substituents is 1. The molecule has 5 rings (SSSR count). The lowest BCUT2D eigenvalue weighted by atomic mass is 9.99. The van der Waals surface area contributed by atoms with Crippen LogP contribution in [-0.4, -0.2) is 133 Å². The van der Waals surface area contributed by atoms with E-state index in [-0.39, 0.29) is 39.3 Å². The molecule has 2 aliphatic heterocycles. The molecule has 3 aromatic rings. The summed E-state index contributed by atoms with van der Waals surface area (Å²) < 4.78 is 49.2. The first-order chi connectivity index (χ1) is 22.4. The zero-order valence-electron chi connectivity index (χ0n) is 25.7. The molecule has 7 N–H and O–H groups in total. The number of aliphatic hydroxyl groups is 6. The number of hydrogen-bond acceptors (Lipinski definition) is 17. The molecule has 0 spiro atoms. The van der Waals surface area contributed by atoms with Gasteiger partial charge in [0.1, 0.15) is 59.1 Å². The van der Waals surface area contributed by atoms with Gasteiger partial charge in [0.25, 0.3) is 0 Å². The molecule has 0 radical (unpaired) electrons. The number of benzene rings is 2. The van der Waals surface area contributed by atoms with Crippen molar-refractivity contribution in [1.29, 1.82) is 0 Å². The van der Waals surface area contributed by atoms with Gasteiger partial charge < -0.3 is 78.1 Å². The molecule has 8 atom stereocenters. The summed E-state index contributed by atoms with van der Waals surface area (Å²) in [6, 6.07) is 4.23. The smallest absolute Gasteiger partial charge is 0.229 e. The molecule has 258 valence electrons. The lowest BCUT2D eigenvalue weighted by Gasteiger charge is -2.40. The largest absolute Gasteiger partial charge is 0.504 e. The summed E-state index contributed by atoms with van der Waals surface area (Å²) in [7, 11) is 5.44. The van der Waals surface area contributed by atoms with Crippen LogP contribution < -0.4 is 29.1 Å². The average molecular weight is 669 g/mol. The van der Waals surface area contributed by atoms with Gasteiger partial charge in [-0.05, 0) is 6.07 Å². The minimum atomic E-state index is -1.96. The molecule has 1 aromatic heterocycles. The fourth-order valence-electron chi connectivity index (χ4n) is 5.34. The Bertz CT molecular complexity index is 1640. The van der Waals surface area contributed by atoms with Crippen LogP contribution in [0.3, 0.4) is 0 Å². The predicted octanol–water partition coefficient (Wildman–Crippen LogP) is -1.16. The molecule has 2 aromatic carbocycles. The fourth-order valence-corrected chi connectivity index (χ4v) is 5.34. The van der Waals surface area contributed by atoms with Crippen LogP contribution in [0.5, 0.6) is 34.5 Å². The zero-order valence-corrected chi connectivity index (χ0v) is 25.7. The fraction of sp³-hybridized carbons (Fsp3) is 0.500. The third kappa shape index (κ3) is 6.13. The molecule has 2 aliphatic rings. The molecule has 0 aliphatic carbocycles. The Morgan fingerprint density at radius 2 is 1.53 bits per heavy atom. The van der Waals surface area contributed by atoms with Crippen molar-refractivity contribution in [3.8, 4) is 45.6 Å². The number of aromatic hydroxyl groups is 1. The summed E-state index contributed by atoms with van der Waals surface area (Å²) in [4.78, 5) is 13.7. The number of aliphatic hydroxyl groups excluding tert-OH is 5. The first-order valence-electron chi connectivity index (χ1n) is 14.2. The molecule has 0 amide bonds. The number of fused-ring (bicyclic) bond motifs is 1. The number of hydrogen-bond donors (Lipinski definition) is 7. The Kier molecular flexibility index (Phi) is 10.0. The summed E-state index contributed by atoms with van der Waals surface area (Å²) in [6.45, 7) is -1.75. The highest BCUT2D eigenvalue weighted by molar-refractivity contribution is 5.92. The first kappa shape index (κ1) is 34.4. The van der Waals surface area contributed by atoms with E-state index in [1.165, 1.54) is 46.6 Å². The molecule has 2 fully saturated rings. The van der Waals surface area contributed by atoms with Crippen LogP contribution in [0.1, 0.15) is 0 Å². The zero-order chi connectivity index (χ0) is 34.2. The quantitative estimate of drug-likeness (QED) is 0.127. The molecule has 17 heteroatoms. The SMILES string of the molecule is COc1cc(OC)c(-c2coc3cc(O[C@@H]4OC(COC5OCC(O)(CO)C5O)[C@@H](O)C(O)[C@@H]4O)c(OC)c(O)c3c2=O)cc1OC. The normalized spacial score (nSPS) is 29.1. The Morgan fingerprint density at radius 3 is 2.15 bits per heavy atom. The topological polar surface area (TPSA) is 246 Å². The minimum absolute atomic E-state index is 0.00102. The molecule has 0 saturated carbocycles. The monoisotopic (exact) mass is 668 g/mol. The highest BCUT2D eigenvalue weighted by Gasteiger charge is 2.50. The molecule has 17 nitrogen and oxygen atoms in total. The molecule has 3 heterocycles. The second-order valence-electron chi connectivity index (χ2n) is 10.9. The summed E-state index contributed by atoms with van der Waals surface area (Å²) in [6.07, 6.45) is -10.3. The minimum Gasteiger partial charge on any atom is -0.504 e. The van der Waals surface area contributed by atoms with Crippen molar-refractivity contribution in [3.63, 3.8) is 0 Å². The number of rotatable bonds is 11. The van der Waals surface area contributed by atoms with Gasteiger partial charge in [-0.3, -0.25) is 4.79 Å². The van der Waals surface area contributed by atoms with Gasteiger partial charge in [-0.15, -0.1) is 0 Å². The Balaban J connectivity index is 1.44. The molecule has 47 heavy (non-hydrogen) atoms. The number of phenols is 1. The maximum Gasteiger partial charge on any atom is 0.229 e. The molecular weight excluding hydrogens is 632 g/mol. The molecule has 2 saturated heterocycles. The lowest BCUT2D eigenvalue weighted by molar-refractivity contribution is -0.289.